The van der Waals surface area contributed by atoms with Gasteiger partial charge in [0.05, 0.1) is 30.2 Å². The maximum atomic E-state index is 13.0. The Hall–Kier alpha value is -3.61. The highest BCUT2D eigenvalue weighted by molar-refractivity contribution is 6.09. The molecule has 1 aliphatic rings. The average molecular weight is 404 g/mol. The number of nitrogens with one attached hydrogen (secondary N) is 1. The van der Waals surface area contributed by atoms with Gasteiger partial charge in [0.2, 0.25) is 0 Å². The number of hydrogen-bond donors (Lipinski definition) is 1. The number of nitrogens with zero attached hydrogens (tertiary/aromatic N) is 3. The van der Waals surface area contributed by atoms with E-state index in [2.05, 4.69) is 10.4 Å². The van der Waals surface area contributed by atoms with Gasteiger partial charge >= 0.3 is 0 Å². The van der Waals surface area contributed by atoms with Crippen LogP contribution in [0.15, 0.2) is 60.8 Å². The van der Waals surface area contributed by atoms with Crippen LogP contribution < -0.4 is 10.1 Å². The molecule has 3 aromatic rings. The third-order valence-corrected chi connectivity index (χ3v) is 5.19. The van der Waals surface area contributed by atoms with Crippen LogP contribution in [0.3, 0.4) is 0 Å². The molecule has 2 aromatic carbocycles. The molecule has 0 unspecified atom stereocenters. The molecule has 0 aliphatic carbocycles. The summed E-state index contributed by atoms with van der Waals surface area (Å²) in [5.74, 6) is -0.135. The van der Waals surface area contributed by atoms with Crippen LogP contribution in [0.5, 0.6) is 5.75 Å². The highest BCUT2D eigenvalue weighted by Gasteiger charge is 2.23. The van der Waals surface area contributed by atoms with E-state index in [0.29, 0.717) is 17.0 Å². The van der Waals surface area contributed by atoms with Gasteiger partial charge in [-0.1, -0.05) is 30.3 Å². The van der Waals surface area contributed by atoms with Crippen molar-refractivity contribution >= 4 is 17.5 Å². The zero-order valence-electron chi connectivity index (χ0n) is 16.9. The summed E-state index contributed by atoms with van der Waals surface area (Å²) >= 11 is 0. The molecule has 2 amide bonds. The quantitative estimate of drug-likeness (QED) is 0.703. The number of anilines is 1. The second-order valence-electron chi connectivity index (χ2n) is 7.18. The van der Waals surface area contributed by atoms with E-state index in [1.807, 2.05) is 35.2 Å². The Balaban J connectivity index is 1.59. The van der Waals surface area contributed by atoms with E-state index in [1.54, 1.807) is 35.1 Å². The van der Waals surface area contributed by atoms with Gasteiger partial charge in [0, 0.05) is 13.1 Å². The first-order chi connectivity index (χ1) is 14.7. The van der Waals surface area contributed by atoms with E-state index in [1.165, 1.54) is 7.11 Å². The molecule has 0 atom stereocenters. The van der Waals surface area contributed by atoms with Crippen LogP contribution >= 0.6 is 0 Å². The van der Waals surface area contributed by atoms with E-state index in [9.17, 15) is 9.59 Å². The number of ether oxygens (including phenoxy) is 1. The Morgan fingerprint density at radius 1 is 0.967 bits per heavy atom. The summed E-state index contributed by atoms with van der Waals surface area (Å²) in [6.45, 7) is 1.49. The number of amides is 2. The summed E-state index contributed by atoms with van der Waals surface area (Å²) in [6.07, 6.45) is 4.82. The largest absolute Gasteiger partial charge is 0.493 e. The maximum Gasteiger partial charge on any atom is 0.280 e. The molecule has 2 heterocycles. The SMILES string of the molecule is COc1cn(-c2ccccc2)nc1C(=O)Nc1ccccc1C(=O)N1CCCCC1. The second kappa shape index (κ2) is 8.82. The van der Waals surface area contributed by atoms with E-state index in [4.69, 9.17) is 4.74 Å². The van der Waals surface area contributed by atoms with E-state index in [0.717, 1.165) is 38.0 Å². The number of rotatable bonds is 5. The predicted molar refractivity (Wildman–Crippen MR) is 114 cm³/mol. The lowest BCUT2D eigenvalue weighted by molar-refractivity contribution is 0.0725. The standard InChI is InChI=1S/C23H24N4O3/c1-30-20-16-27(17-10-4-2-5-11-17)25-21(20)22(28)24-19-13-7-6-12-18(19)23(29)26-14-8-3-9-15-26/h2,4-7,10-13,16H,3,8-9,14-15H2,1H3,(H,24,28). The summed E-state index contributed by atoms with van der Waals surface area (Å²) in [6, 6.07) is 16.6. The van der Waals surface area contributed by atoms with Crippen molar-refractivity contribution in [1.29, 1.82) is 0 Å². The molecule has 7 nitrogen and oxygen atoms in total. The van der Waals surface area contributed by atoms with Gasteiger partial charge in [-0.15, -0.1) is 0 Å². The van der Waals surface area contributed by atoms with Gasteiger partial charge in [0.1, 0.15) is 0 Å². The molecular formula is C23H24N4O3. The molecule has 4 rings (SSSR count). The second-order valence-corrected chi connectivity index (χ2v) is 7.18. The summed E-state index contributed by atoms with van der Waals surface area (Å²) in [5, 5.41) is 7.24. The first kappa shape index (κ1) is 19.7. The number of carbonyl (C=O) groups is 2. The van der Waals surface area contributed by atoms with Crippen LogP contribution in [-0.4, -0.2) is 46.7 Å². The zero-order valence-corrected chi connectivity index (χ0v) is 16.9. The molecule has 1 fully saturated rings. The molecule has 0 radical (unpaired) electrons. The highest BCUT2D eigenvalue weighted by Crippen LogP contribution is 2.24. The van der Waals surface area contributed by atoms with Gasteiger partial charge in [-0.3, -0.25) is 9.59 Å². The Bertz CT molecular complexity index is 1040. The number of piperidine rings is 1. The topological polar surface area (TPSA) is 76.5 Å². The lowest BCUT2D eigenvalue weighted by Gasteiger charge is -2.27. The van der Waals surface area contributed by atoms with Gasteiger partial charge in [0.15, 0.2) is 11.4 Å². The highest BCUT2D eigenvalue weighted by atomic mass is 16.5. The Kier molecular flexibility index (Phi) is 5.79. The van der Waals surface area contributed by atoms with Crippen LogP contribution in [0, 0.1) is 0 Å². The van der Waals surface area contributed by atoms with E-state index >= 15 is 0 Å². The fourth-order valence-electron chi connectivity index (χ4n) is 3.61. The van der Waals surface area contributed by atoms with Crippen molar-refractivity contribution in [1.82, 2.24) is 14.7 Å². The summed E-state index contributed by atoms with van der Waals surface area (Å²) in [5.41, 5.74) is 1.92. The Morgan fingerprint density at radius 3 is 2.40 bits per heavy atom. The first-order valence-corrected chi connectivity index (χ1v) is 10.1. The lowest BCUT2D eigenvalue weighted by Crippen LogP contribution is -2.36. The first-order valence-electron chi connectivity index (χ1n) is 10.1. The molecule has 7 heteroatoms. The van der Waals surface area contributed by atoms with Gasteiger partial charge in [0.25, 0.3) is 11.8 Å². The smallest absolute Gasteiger partial charge is 0.280 e. The third kappa shape index (κ3) is 4.05. The molecule has 30 heavy (non-hydrogen) atoms. The van der Waals surface area contributed by atoms with E-state index in [-0.39, 0.29) is 11.6 Å². The van der Waals surface area contributed by atoms with Crippen molar-refractivity contribution in [2.45, 2.75) is 19.3 Å². The van der Waals surface area contributed by atoms with Crippen LogP contribution in [0.2, 0.25) is 0 Å². The van der Waals surface area contributed by atoms with E-state index < -0.39 is 5.91 Å². The maximum absolute atomic E-state index is 13.0. The summed E-state index contributed by atoms with van der Waals surface area (Å²) in [7, 11) is 1.50. The van der Waals surface area contributed by atoms with Crippen LogP contribution in [0.4, 0.5) is 5.69 Å². The molecule has 0 spiro atoms. The fourth-order valence-corrected chi connectivity index (χ4v) is 3.61. The summed E-state index contributed by atoms with van der Waals surface area (Å²) in [4.78, 5) is 27.8. The third-order valence-electron chi connectivity index (χ3n) is 5.19. The normalized spacial score (nSPS) is 13.7. The van der Waals surface area contributed by atoms with Crippen molar-refractivity contribution < 1.29 is 14.3 Å². The molecule has 0 saturated carbocycles. The molecule has 1 aliphatic heterocycles. The van der Waals surface area contributed by atoms with Gasteiger partial charge in [-0.05, 0) is 43.5 Å². The molecular weight excluding hydrogens is 380 g/mol. The zero-order chi connectivity index (χ0) is 20.9. The number of benzene rings is 2. The minimum atomic E-state index is -0.430. The number of para-hydroxylation sites is 2. The molecule has 0 bridgehead atoms. The predicted octanol–water partition coefficient (Wildman–Crippen LogP) is 3.76. The van der Waals surface area contributed by atoms with Gasteiger partial charge < -0.3 is 15.0 Å². The molecule has 1 saturated heterocycles. The van der Waals surface area contributed by atoms with Gasteiger partial charge in [-0.2, -0.15) is 5.10 Å². The number of likely N-dealkylation sites (tertiary alicyclic amines) is 1. The Morgan fingerprint density at radius 2 is 1.67 bits per heavy atom. The number of methoxy groups -OCH3 is 1. The van der Waals surface area contributed by atoms with Crippen molar-refractivity contribution in [3.63, 3.8) is 0 Å². The number of aromatic nitrogens is 2. The molecule has 1 N–H and O–H groups in total. The van der Waals surface area contributed by atoms with Crippen molar-refractivity contribution in [3.8, 4) is 11.4 Å². The van der Waals surface area contributed by atoms with Crippen LogP contribution in [-0.2, 0) is 0 Å². The lowest BCUT2D eigenvalue weighted by atomic mass is 10.1. The number of carbonyl (C=O) groups excluding carboxylic acids is 2. The number of hydrogen-bond acceptors (Lipinski definition) is 4. The summed E-state index contributed by atoms with van der Waals surface area (Å²) < 4.78 is 6.96. The Labute approximate surface area is 175 Å². The average Bonchev–Trinajstić information content (AvgIpc) is 3.25. The minimum absolute atomic E-state index is 0.0626. The van der Waals surface area contributed by atoms with Crippen LogP contribution in [0.1, 0.15) is 40.1 Å². The fraction of sp³-hybridized carbons (Fsp3) is 0.261. The minimum Gasteiger partial charge on any atom is -0.493 e. The molecule has 154 valence electrons. The monoisotopic (exact) mass is 404 g/mol. The molecule has 1 aromatic heterocycles. The van der Waals surface area contributed by atoms with Crippen molar-refractivity contribution in [2.24, 2.45) is 0 Å². The van der Waals surface area contributed by atoms with Crippen molar-refractivity contribution in [2.75, 3.05) is 25.5 Å². The van der Waals surface area contributed by atoms with Crippen molar-refractivity contribution in [3.05, 3.63) is 72.1 Å². The van der Waals surface area contributed by atoms with Crippen LogP contribution in [0.25, 0.3) is 5.69 Å². The van der Waals surface area contributed by atoms with Gasteiger partial charge in [-0.25, -0.2) is 4.68 Å².